The van der Waals surface area contributed by atoms with Crippen molar-refractivity contribution >= 4 is 96.3 Å². The van der Waals surface area contributed by atoms with Crippen molar-refractivity contribution in [3.63, 3.8) is 0 Å². The molecule has 2 rings (SSSR count). The summed E-state index contributed by atoms with van der Waals surface area (Å²) in [6.07, 6.45) is 0.398. The van der Waals surface area contributed by atoms with Gasteiger partial charge < -0.3 is 20.3 Å². The zero-order valence-electron chi connectivity index (χ0n) is 14.4. The molecule has 0 aliphatic heterocycles. The number of hydrogen-bond donors (Lipinski definition) is 3. The summed E-state index contributed by atoms with van der Waals surface area (Å²) in [7, 11) is 0. The highest BCUT2D eigenvalue weighted by molar-refractivity contribution is 14.1. The Bertz CT molecular complexity index is 811. The van der Waals surface area contributed by atoms with Crippen LogP contribution in [-0.2, 0) is 11.2 Å². The van der Waals surface area contributed by atoms with Gasteiger partial charge in [0.05, 0.1) is 14.3 Å². The van der Waals surface area contributed by atoms with Crippen LogP contribution in [0, 0.1) is 14.3 Å². The molecule has 2 aromatic carbocycles. The number of nitrogens with one attached hydrogen (secondary N) is 1. The van der Waals surface area contributed by atoms with Crippen LogP contribution in [0.2, 0.25) is 0 Å². The van der Waals surface area contributed by atoms with Gasteiger partial charge in [0.15, 0.2) is 5.75 Å². The molecule has 0 aliphatic rings. The molecule has 0 spiro atoms. The number of carbonyl (C=O) groups is 1. The Labute approximate surface area is 212 Å². The quantitative estimate of drug-likeness (QED) is 0.318. The molecule has 0 aliphatic carbocycles. The average Bonchev–Trinajstić information content (AvgIpc) is 2.54. The predicted octanol–water partition coefficient (Wildman–Crippen LogP) is 5.60. The number of carboxylic acids is 1. The van der Waals surface area contributed by atoms with Gasteiger partial charge in [0, 0.05) is 6.04 Å². The van der Waals surface area contributed by atoms with Crippen LogP contribution in [0.4, 0.5) is 0 Å². The molecule has 0 heterocycles. The van der Waals surface area contributed by atoms with Gasteiger partial charge in [-0.05, 0) is 127 Å². The van der Waals surface area contributed by atoms with Crippen LogP contribution in [0.1, 0.15) is 19.4 Å². The molecule has 2 aromatic rings. The summed E-state index contributed by atoms with van der Waals surface area (Å²) in [5.41, 5.74) is 0.937. The maximum atomic E-state index is 11.5. The Morgan fingerprint density at radius 3 is 2.00 bits per heavy atom. The third-order valence-electron chi connectivity index (χ3n) is 3.54. The van der Waals surface area contributed by atoms with E-state index in [-0.39, 0.29) is 11.8 Å². The Hall–Kier alpha value is 0.390. The van der Waals surface area contributed by atoms with Gasteiger partial charge >= 0.3 is 5.97 Å². The van der Waals surface area contributed by atoms with Crippen LogP contribution >= 0.6 is 90.4 Å². The molecule has 3 N–H and O–H groups in total. The molecule has 0 saturated heterocycles. The van der Waals surface area contributed by atoms with Crippen LogP contribution in [0.5, 0.6) is 17.2 Å². The van der Waals surface area contributed by atoms with Crippen molar-refractivity contribution in [2.24, 2.45) is 0 Å². The third kappa shape index (κ3) is 6.70. The zero-order valence-corrected chi connectivity index (χ0v) is 23.0. The zero-order chi connectivity index (χ0) is 20.3. The molecule has 1 atom stereocenters. The van der Waals surface area contributed by atoms with Gasteiger partial charge in [-0.25, -0.2) is 0 Å². The van der Waals surface area contributed by atoms with Crippen molar-refractivity contribution in [1.29, 1.82) is 0 Å². The average molecular weight is 819 g/mol. The van der Waals surface area contributed by atoms with Crippen molar-refractivity contribution < 1.29 is 19.7 Å². The van der Waals surface area contributed by atoms with E-state index in [4.69, 9.17) is 4.74 Å². The minimum Gasteiger partial charge on any atom is -0.506 e. The molecule has 0 unspecified atom stereocenters. The van der Waals surface area contributed by atoms with Crippen molar-refractivity contribution in [2.75, 3.05) is 0 Å². The lowest BCUT2D eigenvalue weighted by atomic mass is 10.1. The third-order valence-corrected chi connectivity index (χ3v) is 6.79. The lowest BCUT2D eigenvalue weighted by molar-refractivity contribution is -0.139. The van der Waals surface area contributed by atoms with Gasteiger partial charge in [-0.1, -0.05) is 13.8 Å². The summed E-state index contributed by atoms with van der Waals surface area (Å²) in [6, 6.07) is 6.92. The molecule has 146 valence electrons. The second kappa shape index (κ2) is 10.4. The Balaban J connectivity index is 2.27. The van der Waals surface area contributed by atoms with E-state index in [2.05, 4.69) is 95.7 Å². The minimum absolute atomic E-state index is 0.0892. The van der Waals surface area contributed by atoms with Crippen LogP contribution in [0.25, 0.3) is 0 Å². The number of rotatable bonds is 7. The fraction of sp³-hybridized carbons (Fsp3) is 0.278. The lowest BCUT2D eigenvalue weighted by Gasteiger charge is -2.18. The summed E-state index contributed by atoms with van der Waals surface area (Å²) < 4.78 is 9.31. The normalized spacial score (nSPS) is 12.3. The van der Waals surface area contributed by atoms with Crippen molar-refractivity contribution in [3.05, 3.63) is 44.1 Å². The van der Waals surface area contributed by atoms with Gasteiger partial charge in [0.2, 0.25) is 0 Å². The summed E-state index contributed by atoms with van der Waals surface area (Å²) in [4.78, 5) is 11.5. The van der Waals surface area contributed by atoms with Gasteiger partial charge in [-0.3, -0.25) is 4.79 Å². The summed E-state index contributed by atoms with van der Waals surface area (Å²) in [6.45, 7) is 3.86. The molecule has 27 heavy (non-hydrogen) atoms. The summed E-state index contributed by atoms with van der Waals surface area (Å²) in [5.74, 6) is 0.763. The van der Waals surface area contributed by atoms with Gasteiger partial charge in [0.25, 0.3) is 0 Å². The molecule has 5 nitrogen and oxygen atoms in total. The first kappa shape index (κ1) is 23.7. The van der Waals surface area contributed by atoms with E-state index in [9.17, 15) is 15.0 Å². The standard InChI is InChI=1S/C18H17I4NO4/c1-8(2)23-15(18(25)26)5-9-3-13(21)17(14(22)4-9)27-10-6-11(19)16(24)12(20)7-10/h3-4,6-8,15,23-24H,5H2,1-2H3,(H,25,26)/t15-/m0/s1. The molecule has 0 amide bonds. The molecule has 9 heteroatoms. The van der Waals surface area contributed by atoms with E-state index >= 15 is 0 Å². The Kier molecular flexibility index (Phi) is 9.14. The first-order valence-electron chi connectivity index (χ1n) is 7.91. The van der Waals surface area contributed by atoms with Crippen LogP contribution in [0.3, 0.4) is 0 Å². The van der Waals surface area contributed by atoms with Crippen LogP contribution in [0.15, 0.2) is 24.3 Å². The monoisotopic (exact) mass is 819 g/mol. The number of phenolic OH excluding ortho intramolecular Hbond substituents is 1. The van der Waals surface area contributed by atoms with E-state index in [0.717, 1.165) is 25.6 Å². The summed E-state index contributed by atoms with van der Waals surface area (Å²) >= 11 is 8.54. The molecule has 0 radical (unpaired) electrons. The highest BCUT2D eigenvalue weighted by atomic mass is 127. The maximum absolute atomic E-state index is 11.5. The maximum Gasteiger partial charge on any atom is 0.321 e. The number of ether oxygens (including phenoxy) is 1. The second-order valence-corrected chi connectivity index (χ2v) is 10.8. The summed E-state index contributed by atoms with van der Waals surface area (Å²) in [5, 5.41) is 22.4. The molecule has 0 aromatic heterocycles. The van der Waals surface area contributed by atoms with Crippen molar-refractivity contribution in [3.8, 4) is 17.2 Å². The van der Waals surface area contributed by atoms with E-state index in [1.165, 1.54) is 0 Å². The Morgan fingerprint density at radius 2 is 1.56 bits per heavy atom. The SMILES string of the molecule is CC(C)N[C@@H](Cc1cc(I)c(Oc2cc(I)c(O)c(I)c2)c(I)c1)C(=O)O. The number of carboxylic acid groups (broad SMARTS) is 1. The topological polar surface area (TPSA) is 78.8 Å². The Morgan fingerprint density at radius 1 is 1.04 bits per heavy atom. The van der Waals surface area contributed by atoms with Crippen molar-refractivity contribution in [2.45, 2.75) is 32.4 Å². The number of phenols is 1. The van der Waals surface area contributed by atoms with E-state index in [1.54, 1.807) is 12.1 Å². The number of hydrogen-bond acceptors (Lipinski definition) is 4. The van der Waals surface area contributed by atoms with E-state index in [0.29, 0.717) is 12.2 Å². The second-order valence-electron chi connectivity index (χ2n) is 6.14. The largest absolute Gasteiger partial charge is 0.506 e. The predicted molar refractivity (Wildman–Crippen MR) is 139 cm³/mol. The van der Waals surface area contributed by atoms with Crippen LogP contribution in [-0.4, -0.2) is 28.3 Å². The molecule has 0 saturated carbocycles. The smallest absolute Gasteiger partial charge is 0.321 e. The molecule has 0 bridgehead atoms. The fourth-order valence-electron chi connectivity index (χ4n) is 2.40. The first-order valence-corrected chi connectivity index (χ1v) is 12.2. The van der Waals surface area contributed by atoms with Crippen LogP contribution < -0.4 is 10.1 Å². The van der Waals surface area contributed by atoms with Crippen molar-refractivity contribution in [1.82, 2.24) is 5.32 Å². The van der Waals surface area contributed by atoms with Gasteiger partial charge in [0.1, 0.15) is 17.5 Å². The lowest BCUT2D eigenvalue weighted by Crippen LogP contribution is -2.42. The number of benzene rings is 2. The fourth-order valence-corrected chi connectivity index (χ4v) is 6.23. The van der Waals surface area contributed by atoms with E-state index in [1.807, 2.05) is 26.0 Å². The van der Waals surface area contributed by atoms with Gasteiger partial charge in [-0.15, -0.1) is 0 Å². The highest BCUT2D eigenvalue weighted by Gasteiger charge is 2.20. The number of halogens is 4. The molecular weight excluding hydrogens is 802 g/mol. The number of aliphatic carboxylic acids is 1. The van der Waals surface area contributed by atoms with Gasteiger partial charge in [-0.2, -0.15) is 0 Å². The first-order chi connectivity index (χ1) is 12.6. The number of aromatic hydroxyl groups is 1. The highest BCUT2D eigenvalue weighted by Crippen LogP contribution is 2.36. The van der Waals surface area contributed by atoms with E-state index < -0.39 is 12.0 Å². The molecule has 0 fully saturated rings. The molecular formula is C18H17I4NO4. The minimum atomic E-state index is -0.859.